The lowest BCUT2D eigenvalue weighted by atomic mass is 9.95. The fraction of sp³-hybridized carbons (Fsp3) is 0.304. The molecule has 0 spiro atoms. The van der Waals surface area contributed by atoms with Crippen molar-refractivity contribution in [2.45, 2.75) is 26.5 Å². The zero-order chi connectivity index (χ0) is 23.0. The topological polar surface area (TPSA) is 74.4 Å². The van der Waals surface area contributed by atoms with Crippen LogP contribution in [-0.2, 0) is 11.3 Å². The molecule has 0 saturated heterocycles. The summed E-state index contributed by atoms with van der Waals surface area (Å²) in [7, 11) is 0. The number of rotatable bonds is 4. The quantitative estimate of drug-likeness (QED) is 0.611. The van der Waals surface area contributed by atoms with E-state index in [1.807, 2.05) is 13.8 Å². The van der Waals surface area contributed by atoms with E-state index in [1.54, 1.807) is 0 Å². The van der Waals surface area contributed by atoms with Gasteiger partial charge < -0.3 is 19.9 Å². The Balaban J connectivity index is 1.77. The van der Waals surface area contributed by atoms with Crippen molar-refractivity contribution >= 4 is 22.5 Å². The lowest BCUT2D eigenvalue weighted by Gasteiger charge is -2.37. The van der Waals surface area contributed by atoms with E-state index in [9.17, 15) is 22.8 Å². The first kappa shape index (κ1) is 21.9. The smallest absolute Gasteiger partial charge is 0.322 e. The molecule has 1 atom stereocenters. The molecule has 4 rings (SSSR count). The molecule has 1 aromatic heterocycles. The van der Waals surface area contributed by atoms with E-state index in [0.717, 1.165) is 18.2 Å². The third-order valence-electron chi connectivity index (χ3n) is 5.33. The molecule has 2 N–H and O–H groups in total. The van der Waals surface area contributed by atoms with Crippen molar-refractivity contribution in [2.24, 2.45) is 5.92 Å². The Kier molecular flexibility index (Phi) is 5.92. The molecular formula is C23H22F3N3O3. The third kappa shape index (κ3) is 4.20. The number of aromatic nitrogens is 1. The normalized spacial score (nSPS) is 15.6. The first-order valence-corrected chi connectivity index (χ1v) is 10.2. The van der Waals surface area contributed by atoms with Crippen LogP contribution in [0, 0.1) is 23.4 Å². The van der Waals surface area contributed by atoms with Crippen molar-refractivity contribution in [2.75, 3.05) is 18.5 Å². The molecule has 0 bridgehead atoms. The second kappa shape index (κ2) is 8.66. The summed E-state index contributed by atoms with van der Waals surface area (Å²) >= 11 is 0. The lowest BCUT2D eigenvalue weighted by Crippen LogP contribution is -2.44. The van der Waals surface area contributed by atoms with Crippen molar-refractivity contribution in [1.82, 2.24) is 9.88 Å². The van der Waals surface area contributed by atoms with Gasteiger partial charge in [0.2, 0.25) is 0 Å². The molecule has 1 aliphatic heterocycles. The molecule has 0 unspecified atom stereocenters. The number of amides is 2. The molecule has 0 fully saturated rings. The highest BCUT2D eigenvalue weighted by molar-refractivity contribution is 5.91. The summed E-state index contributed by atoms with van der Waals surface area (Å²) in [5.74, 6) is -2.56. The van der Waals surface area contributed by atoms with Crippen molar-refractivity contribution < 1.29 is 22.7 Å². The molecule has 2 heterocycles. The first-order valence-electron chi connectivity index (χ1n) is 10.2. The number of aromatic amines is 1. The minimum Gasteiger partial charge on any atom is -0.373 e. The molecule has 9 heteroatoms. The molecule has 0 aliphatic carbocycles. The number of pyridine rings is 1. The van der Waals surface area contributed by atoms with Crippen molar-refractivity contribution in [3.63, 3.8) is 0 Å². The highest BCUT2D eigenvalue weighted by Crippen LogP contribution is 2.34. The molecule has 1 aliphatic rings. The maximum Gasteiger partial charge on any atom is 0.322 e. The largest absolute Gasteiger partial charge is 0.373 e. The van der Waals surface area contributed by atoms with Crippen LogP contribution in [0.1, 0.15) is 31.1 Å². The van der Waals surface area contributed by atoms with Crippen LogP contribution in [0.4, 0.5) is 23.7 Å². The second-order valence-corrected chi connectivity index (χ2v) is 8.17. The predicted octanol–water partition coefficient (Wildman–Crippen LogP) is 4.71. The van der Waals surface area contributed by atoms with Crippen molar-refractivity contribution in [3.8, 4) is 0 Å². The summed E-state index contributed by atoms with van der Waals surface area (Å²) in [6.07, 6.45) is 0. The standard InChI is InChI=1S/C23H22F3N3O3/c1-12(2)9-29(23(31)27-14-4-6-17(25)18(26)8-14)20-11-32-10-19-21(20)15-5-3-13(24)7-16(15)22(30)28-19/h3-8,12,20H,9-11H2,1-2H3,(H,27,31)(H,28,30)/t20-/m1/s1. The van der Waals surface area contributed by atoms with Crippen LogP contribution in [0.5, 0.6) is 0 Å². The molecule has 2 amide bonds. The summed E-state index contributed by atoms with van der Waals surface area (Å²) in [5.41, 5.74) is 0.851. The van der Waals surface area contributed by atoms with Crippen LogP contribution in [0.15, 0.2) is 41.2 Å². The fourth-order valence-corrected chi connectivity index (χ4v) is 3.98. The average molecular weight is 445 g/mol. The van der Waals surface area contributed by atoms with Crippen LogP contribution in [0.2, 0.25) is 0 Å². The van der Waals surface area contributed by atoms with Crippen LogP contribution in [0.3, 0.4) is 0 Å². The van der Waals surface area contributed by atoms with Gasteiger partial charge in [-0.15, -0.1) is 0 Å². The highest BCUT2D eigenvalue weighted by atomic mass is 19.2. The van der Waals surface area contributed by atoms with Gasteiger partial charge in [0.25, 0.3) is 5.56 Å². The number of benzene rings is 2. The number of hydrogen-bond donors (Lipinski definition) is 2. The minimum atomic E-state index is -1.07. The van der Waals surface area contributed by atoms with E-state index in [1.165, 1.54) is 23.1 Å². The molecule has 3 aromatic rings. The highest BCUT2D eigenvalue weighted by Gasteiger charge is 2.33. The van der Waals surface area contributed by atoms with E-state index in [0.29, 0.717) is 23.2 Å². The number of nitrogens with zero attached hydrogens (tertiary/aromatic N) is 1. The van der Waals surface area contributed by atoms with Gasteiger partial charge in [-0.05, 0) is 35.6 Å². The first-order chi connectivity index (χ1) is 15.2. The monoisotopic (exact) mass is 445 g/mol. The predicted molar refractivity (Wildman–Crippen MR) is 114 cm³/mol. The average Bonchev–Trinajstić information content (AvgIpc) is 2.74. The van der Waals surface area contributed by atoms with E-state index >= 15 is 0 Å². The summed E-state index contributed by atoms with van der Waals surface area (Å²) in [4.78, 5) is 30.0. The Morgan fingerprint density at radius 1 is 1.16 bits per heavy atom. The van der Waals surface area contributed by atoms with Crippen LogP contribution >= 0.6 is 0 Å². The Labute approximate surface area is 182 Å². The Morgan fingerprint density at radius 2 is 1.94 bits per heavy atom. The number of carbonyl (C=O) groups excluding carboxylic acids is 1. The van der Waals surface area contributed by atoms with E-state index < -0.39 is 35.1 Å². The van der Waals surface area contributed by atoms with Gasteiger partial charge in [0.05, 0.1) is 24.6 Å². The zero-order valence-electron chi connectivity index (χ0n) is 17.5. The van der Waals surface area contributed by atoms with E-state index in [2.05, 4.69) is 10.3 Å². The number of nitrogens with one attached hydrogen (secondary N) is 2. The van der Waals surface area contributed by atoms with Gasteiger partial charge in [-0.1, -0.05) is 19.9 Å². The minimum absolute atomic E-state index is 0.0718. The second-order valence-electron chi connectivity index (χ2n) is 8.17. The van der Waals surface area contributed by atoms with Gasteiger partial charge in [-0.25, -0.2) is 18.0 Å². The van der Waals surface area contributed by atoms with Gasteiger partial charge >= 0.3 is 6.03 Å². The maximum atomic E-state index is 13.8. The summed E-state index contributed by atoms with van der Waals surface area (Å²) in [6, 6.07) is 5.94. The number of ether oxygens (including phenoxy) is 1. The van der Waals surface area contributed by atoms with Crippen LogP contribution in [0.25, 0.3) is 10.8 Å². The van der Waals surface area contributed by atoms with Gasteiger partial charge in [0.15, 0.2) is 11.6 Å². The van der Waals surface area contributed by atoms with Gasteiger partial charge in [-0.3, -0.25) is 4.79 Å². The molecule has 168 valence electrons. The molecule has 6 nitrogen and oxygen atoms in total. The number of halogens is 3. The van der Waals surface area contributed by atoms with E-state index in [4.69, 9.17) is 4.74 Å². The Bertz CT molecular complexity index is 1240. The van der Waals surface area contributed by atoms with Gasteiger partial charge in [-0.2, -0.15) is 0 Å². The number of carbonyl (C=O) groups is 1. The van der Waals surface area contributed by atoms with Gasteiger partial charge in [0.1, 0.15) is 5.82 Å². The maximum absolute atomic E-state index is 13.8. The molecule has 2 aromatic carbocycles. The van der Waals surface area contributed by atoms with Crippen molar-refractivity contribution in [1.29, 1.82) is 0 Å². The van der Waals surface area contributed by atoms with Crippen LogP contribution < -0.4 is 10.9 Å². The summed E-state index contributed by atoms with van der Waals surface area (Å²) in [6.45, 7) is 4.49. The van der Waals surface area contributed by atoms with Gasteiger partial charge in [0, 0.05) is 29.6 Å². The molecule has 0 saturated carbocycles. The summed E-state index contributed by atoms with van der Waals surface area (Å²) in [5, 5.41) is 3.32. The number of fused-ring (bicyclic) bond motifs is 3. The number of urea groups is 1. The number of anilines is 1. The van der Waals surface area contributed by atoms with Crippen LogP contribution in [-0.4, -0.2) is 29.1 Å². The van der Waals surface area contributed by atoms with E-state index in [-0.39, 0.29) is 30.2 Å². The lowest BCUT2D eigenvalue weighted by molar-refractivity contribution is 0.0425. The zero-order valence-corrected chi connectivity index (χ0v) is 17.5. The van der Waals surface area contributed by atoms with Crippen molar-refractivity contribution in [3.05, 3.63) is 75.5 Å². The molecule has 0 radical (unpaired) electrons. The Hall–Kier alpha value is -3.33. The fourth-order valence-electron chi connectivity index (χ4n) is 3.98. The SMILES string of the molecule is CC(C)CN(C(=O)Nc1ccc(F)c(F)c1)[C@@H]1COCc2[nH]c(=O)c3cc(F)ccc3c21. The Morgan fingerprint density at radius 3 is 2.66 bits per heavy atom. The number of hydrogen-bond acceptors (Lipinski definition) is 3. The number of H-pyrrole nitrogens is 1. The molecule has 32 heavy (non-hydrogen) atoms. The summed E-state index contributed by atoms with van der Waals surface area (Å²) < 4.78 is 46.3. The third-order valence-corrected chi connectivity index (χ3v) is 5.33. The molecular weight excluding hydrogens is 423 g/mol.